The zero-order valence-corrected chi connectivity index (χ0v) is 23.8. The van der Waals surface area contributed by atoms with E-state index in [1.165, 1.54) is 18.2 Å². The Morgan fingerprint density at radius 1 is 1.12 bits per heavy atom. The number of aryl methyl sites for hydroxylation is 1. The number of rotatable bonds is 9. The first kappa shape index (κ1) is 29.3. The maximum atomic E-state index is 14.1. The summed E-state index contributed by atoms with van der Waals surface area (Å²) in [6.45, 7) is 11.5. The minimum Gasteiger partial charge on any atom is -0.388 e. The highest BCUT2D eigenvalue weighted by molar-refractivity contribution is 6.34. The van der Waals surface area contributed by atoms with E-state index in [0.29, 0.717) is 36.7 Å². The maximum Gasteiger partial charge on any atom is 0.417 e. The molecule has 3 aromatic carbocycles. The van der Waals surface area contributed by atoms with E-state index in [1.807, 2.05) is 25.1 Å². The van der Waals surface area contributed by atoms with Crippen LogP contribution in [0.4, 0.5) is 35.9 Å². The number of hydrogen-bond acceptors (Lipinski definition) is 4. The minimum absolute atomic E-state index is 0.00890. The third kappa shape index (κ3) is 6.22. The highest BCUT2D eigenvalue weighted by Gasteiger charge is 2.34. The van der Waals surface area contributed by atoms with E-state index in [0.717, 1.165) is 22.9 Å². The molecule has 5 nitrogen and oxygen atoms in total. The van der Waals surface area contributed by atoms with E-state index in [2.05, 4.69) is 36.4 Å². The van der Waals surface area contributed by atoms with Crippen molar-refractivity contribution in [2.45, 2.75) is 32.9 Å². The van der Waals surface area contributed by atoms with Gasteiger partial charge in [0.25, 0.3) is 0 Å². The molecule has 0 saturated carbocycles. The van der Waals surface area contributed by atoms with Gasteiger partial charge >= 0.3 is 6.18 Å². The topological polar surface area (TPSA) is 56.4 Å². The number of alkyl halides is 3. The molecular weight excluding hydrogens is 537 g/mol. The first-order valence-corrected chi connectivity index (χ1v) is 13.5. The van der Waals surface area contributed by atoms with Crippen LogP contribution in [0.15, 0.2) is 61.2 Å². The molecule has 4 rings (SSSR count). The number of nitrogens with one attached hydrogen (secondary N) is 3. The van der Waals surface area contributed by atoms with Crippen molar-refractivity contribution in [3.63, 3.8) is 0 Å². The molecule has 9 heteroatoms. The highest BCUT2D eigenvalue weighted by atomic mass is 35.5. The van der Waals surface area contributed by atoms with Gasteiger partial charge in [-0.3, -0.25) is 4.79 Å². The summed E-state index contributed by atoms with van der Waals surface area (Å²) in [5.41, 5.74) is 4.32. The highest BCUT2D eigenvalue weighted by Crippen LogP contribution is 2.44. The van der Waals surface area contributed by atoms with Crippen molar-refractivity contribution in [1.29, 1.82) is 0 Å². The Morgan fingerprint density at radius 3 is 2.48 bits per heavy atom. The lowest BCUT2D eigenvalue weighted by atomic mass is 9.95. The molecule has 1 aliphatic heterocycles. The fourth-order valence-corrected chi connectivity index (χ4v) is 5.20. The second kappa shape index (κ2) is 11.8. The number of hydrogen-bond donors (Lipinski definition) is 3. The van der Waals surface area contributed by atoms with Gasteiger partial charge in [-0.25, -0.2) is 0 Å². The Kier molecular flexibility index (Phi) is 8.68. The number of nitrogens with zero attached hydrogens (tertiary/aromatic N) is 1. The molecule has 0 spiro atoms. The fraction of sp³-hybridized carbons (Fsp3) is 0.323. The lowest BCUT2D eigenvalue weighted by Gasteiger charge is -2.39. The van der Waals surface area contributed by atoms with E-state index >= 15 is 0 Å². The number of carbonyl (C=O) groups excluding carboxylic acids is 1. The van der Waals surface area contributed by atoms with Gasteiger partial charge in [0.1, 0.15) is 0 Å². The molecule has 0 bridgehead atoms. The lowest BCUT2D eigenvalue weighted by molar-refractivity contribution is -0.137. The van der Waals surface area contributed by atoms with E-state index in [9.17, 15) is 18.0 Å². The van der Waals surface area contributed by atoms with Crippen molar-refractivity contribution in [2.75, 3.05) is 42.6 Å². The van der Waals surface area contributed by atoms with Gasteiger partial charge in [-0.1, -0.05) is 50.2 Å². The molecule has 40 heavy (non-hydrogen) atoms. The number of likely N-dealkylation sites (tertiary alicyclic amines) is 1. The molecule has 3 N–H and O–H groups in total. The van der Waals surface area contributed by atoms with Crippen LogP contribution in [-0.4, -0.2) is 37.5 Å². The van der Waals surface area contributed by atoms with Crippen LogP contribution in [-0.2, 0) is 11.0 Å². The molecule has 0 aromatic heterocycles. The van der Waals surface area contributed by atoms with Gasteiger partial charge in [-0.15, -0.1) is 0 Å². The molecule has 0 atom stereocenters. The van der Waals surface area contributed by atoms with Crippen LogP contribution in [0.25, 0.3) is 11.1 Å². The van der Waals surface area contributed by atoms with Gasteiger partial charge in [0.15, 0.2) is 0 Å². The molecule has 1 amide bonds. The summed E-state index contributed by atoms with van der Waals surface area (Å²) in [7, 11) is 1.66. The van der Waals surface area contributed by atoms with Crippen molar-refractivity contribution in [3.05, 3.63) is 82.9 Å². The quantitative estimate of drug-likeness (QED) is 0.226. The average Bonchev–Trinajstić information content (AvgIpc) is 2.88. The molecular formula is C31H34ClF3N4O. The van der Waals surface area contributed by atoms with Gasteiger partial charge in [-0.2, -0.15) is 13.2 Å². The fourth-order valence-electron chi connectivity index (χ4n) is 4.94. The molecule has 3 aromatic rings. The molecule has 1 aliphatic rings. The summed E-state index contributed by atoms with van der Waals surface area (Å²) in [6.07, 6.45) is -3.26. The van der Waals surface area contributed by atoms with Crippen LogP contribution < -0.4 is 16.0 Å². The molecule has 0 unspecified atom stereocenters. The van der Waals surface area contributed by atoms with Gasteiger partial charge < -0.3 is 20.9 Å². The third-order valence-corrected chi connectivity index (χ3v) is 7.54. The van der Waals surface area contributed by atoms with E-state index in [-0.39, 0.29) is 33.9 Å². The normalized spacial score (nSPS) is 13.7. The van der Waals surface area contributed by atoms with Gasteiger partial charge in [0.2, 0.25) is 5.91 Å². The van der Waals surface area contributed by atoms with Crippen LogP contribution >= 0.6 is 11.6 Å². The van der Waals surface area contributed by atoms with Crippen LogP contribution in [0.2, 0.25) is 5.02 Å². The summed E-state index contributed by atoms with van der Waals surface area (Å²) in [6, 6.07) is 13.3. The monoisotopic (exact) mass is 570 g/mol. The van der Waals surface area contributed by atoms with Crippen LogP contribution in [0.5, 0.6) is 0 Å². The summed E-state index contributed by atoms with van der Waals surface area (Å²) in [5.74, 6) is 0.346. The number of anilines is 4. The first-order valence-electron chi connectivity index (χ1n) is 13.2. The van der Waals surface area contributed by atoms with Gasteiger partial charge in [0.05, 0.1) is 22.0 Å². The van der Waals surface area contributed by atoms with Crippen molar-refractivity contribution >= 4 is 40.3 Å². The van der Waals surface area contributed by atoms with Crippen molar-refractivity contribution in [2.24, 2.45) is 5.92 Å². The SMILES string of the molecule is C=CC(=O)N1CC(CNc2cc(Cl)c(-c3cc(NC)ccc3C(F)(F)F)cc2Nc2c(C)cccc2C(C)C)C1. The number of para-hydroxylation sites is 1. The van der Waals surface area contributed by atoms with E-state index < -0.39 is 11.7 Å². The predicted octanol–water partition coefficient (Wildman–Crippen LogP) is 8.30. The number of carbonyl (C=O) groups is 1. The lowest BCUT2D eigenvalue weighted by Crippen LogP contribution is -2.51. The zero-order valence-electron chi connectivity index (χ0n) is 23.0. The Bertz CT molecular complexity index is 1410. The van der Waals surface area contributed by atoms with Crippen LogP contribution in [0.1, 0.15) is 36.5 Å². The summed E-state index contributed by atoms with van der Waals surface area (Å²) < 4.78 is 42.2. The molecule has 0 radical (unpaired) electrons. The molecule has 0 aliphatic carbocycles. The second-order valence-corrected chi connectivity index (χ2v) is 10.8. The van der Waals surface area contributed by atoms with Crippen LogP contribution in [0.3, 0.4) is 0 Å². The minimum atomic E-state index is -4.56. The summed E-state index contributed by atoms with van der Waals surface area (Å²) in [4.78, 5) is 13.5. The van der Waals surface area contributed by atoms with E-state index in [1.54, 1.807) is 24.1 Å². The van der Waals surface area contributed by atoms with Gasteiger partial charge in [-0.05, 0) is 65.9 Å². The largest absolute Gasteiger partial charge is 0.417 e. The maximum absolute atomic E-state index is 14.1. The standard InChI is InChI=1S/C31H34ClF3N4O/c1-6-29(40)39-16-20(17-39)15-37-27-14-26(32)24(23-12-21(36-5)10-11-25(23)31(33,34)35)13-28(27)38-30-19(4)8-7-9-22(30)18(2)3/h6-14,18,20,36-38H,1,15-17H2,2-5H3. The second-order valence-electron chi connectivity index (χ2n) is 10.4. The smallest absolute Gasteiger partial charge is 0.388 e. The van der Waals surface area contributed by atoms with Crippen LogP contribution in [0, 0.1) is 12.8 Å². The number of amides is 1. The van der Waals surface area contributed by atoms with E-state index in [4.69, 9.17) is 11.6 Å². The molecule has 212 valence electrons. The predicted molar refractivity (Wildman–Crippen MR) is 159 cm³/mol. The van der Waals surface area contributed by atoms with Gasteiger partial charge in [0, 0.05) is 49.5 Å². The number of halogens is 4. The average molecular weight is 571 g/mol. The Labute approximate surface area is 238 Å². The van der Waals surface area contributed by atoms with Crippen molar-refractivity contribution in [1.82, 2.24) is 4.90 Å². The van der Waals surface area contributed by atoms with Crippen molar-refractivity contribution < 1.29 is 18.0 Å². The molecule has 1 saturated heterocycles. The zero-order chi connectivity index (χ0) is 29.2. The Balaban J connectivity index is 1.78. The first-order chi connectivity index (χ1) is 18.9. The molecule has 1 fully saturated rings. The summed E-state index contributed by atoms with van der Waals surface area (Å²) in [5, 5.41) is 10.0. The Morgan fingerprint density at radius 2 is 1.85 bits per heavy atom. The summed E-state index contributed by atoms with van der Waals surface area (Å²) >= 11 is 6.70. The molecule has 1 heterocycles. The number of benzene rings is 3. The van der Waals surface area contributed by atoms with Crippen molar-refractivity contribution in [3.8, 4) is 11.1 Å². The third-order valence-electron chi connectivity index (χ3n) is 7.22. The Hall–Kier alpha value is -3.65.